The molecular formula is C15H11FN2O. The number of rotatable bonds is 3. The Kier molecular flexibility index (Phi) is 2.83. The van der Waals surface area contributed by atoms with Crippen LogP contribution >= 0.6 is 0 Å². The van der Waals surface area contributed by atoms with Crippen molar-refractivity contribution in [2.45, 2.75) is 6.54 Å². The molecule has 1 aromatic carbocycles. The van der Waals surface area contributed by atoms with Gasteiger partial charge in [0.05, 0.1) is 0 Å². The standard InChI is InChI=1S/C15H11FN2O/c16-13-4-1-3-11(7-13)8-18-9-12(10-19)14-5-2-6-17-15(14)18/h1-7,9-10H,8H2. The molecule has 0 unspecified atom stereocenters. The maximum absolute atomic E-state index is 13.2. The number of aldehydes is 1. The minimum absolute atomic E-state index is 0.266. The Bertz CT molecular complexity index is 749. The predicted octanol–water partition coefficient (Wildman–Crippen LogP) is 3.04. The van der Waals surface area contributed by atoms with Crippen LogP contribution in [-0.2, 0) is 6.54 Å². The van der Waals surface area contributed by atoms with Crippen molar-refractivity contribution in [3.63, 3.8) is 0 Å². The summed E-state index contributed by atoms with van der Waals surface area (Å²) in [5.74, 6) is -0.266. The minimum Gasteiger partial charge on any atom is -0.327 e. The molecule has 2 heterocycles. The van der Waals surface area contributed by atoms with Gasteiger partial charge in [0.15, 0.2) is 6.29 Å². The summed E-state index contributed by atoms with van der Waals surface area (Å²) in [6, 6.07) is 10.1. The molecule has 0 aliphatic carbocycles. The van der Waals surface area contributed by atoms with E-state index in [0.717, 1.165) is 22.9 Å². The van der Waals surface area contributed by atoms with E-state index in [4.69, 9.17) is 0 Å². The first-order valence-corrected chi connectivity index (χ1v) is 5.91. The summed E-state index contributed by atoms with van der Waals surface area (Å²) in [6.45, 7) is 0.485. The second kappa shape index (κ2) is 4.65. The Morgan fingerprint density at radius 1 is 1.26 bits per heavy atom. The summed E-state index contributed by atoms with van der Waals surface area (Å²) in [6.07, 6.45) is 4.24. The fourth-order valence-corrected chi connectivity index (χ4v) is 2.20. The first-order chi connectivity index (χ1) is 9.28. The molecule has 4 heteroatoms. The van der Waals surface area contributed by atoms with E-state index in [1.807, 2.05) is 16.7 Å². The first-order valence-electron chi connectivity index (χ1n) is 5.91. The Morgan fingerprint density at radius 2 is 2.16 bits per heavy atom. The Morgan fingerprint density at radius 3 is 2.95 bits per heavy atom. The molecule has 0 saturated carbocycles. The lowest BCUT2D eigenvalue weighted by molar-refractivity contribution is 0.112. The number of fused-ring (bicyclic) bond motifs is 1. The van der Waals surface area contributed by atoms with Crippen molar-refractivity contribution in [3.8, 4) is 0 Å². The normalized spacial score (nSPS) is 10.8. The van der Waals surface area contributed by atoms with Crippen LogP contribution in [0.1, 0.15) is 15.9 Å². The predicted molar refractivity (Wildman–Crippen MR) is 70.6 cm³/mol. The van der Waals surface area contributed by atoms with Crippen LogP contribution in [0.25, 0.3) is 11.0 Å². The largest absolute Gasteiger partial charge is 0.327 e. The Hall–Kier alpha value is -2.49. The number of benzene rings is 1. The molecule has 0 fully saturated rings. The zero-order valence-electron chi connectivity index (χ0n) is 10.1. The van der Waals surface area contributed by atoms with Gasteiger partial charge in [-0.05, 0) is 29.8 Å². The number of hydrogen-bond acceptors (Lipinski definition) is 2. The number of aromatic nitrogens is 2. The van der Waals surface area contributed by atoms with Crippen molar-refractivity contribution < 1.29 is 9.18 Å². The van der Waals surface area contributed by atoms with Crippen molar-refractivity contribution in [1.29, 1.82) is 0 Å². The summed E-state index contributed by atoms with van der Waals surface area (Å²) >= 11 is 0. The molecule has 0 spiro atoms. The van der Waals surface area contributed by atoms with Crippen molar-refractivity contribution in [1.82, 2.24) is 9.55 Å². The lowest BCUT2D eigenvalue weighted by Gasteiger charge is -2.04. The molecule has 0 N–H and O–H groups in total. The molecular weight excluding hydrogens is 243 g/mol. The molecule has 0 amide bonds. The van der Waals surface area contributed by atoms with Gasteiger partial charge in [0.2, 0.25) is 0 Å². The second-order valence-electron chi connectivity index (χ2n) is 4.33. The monoisotopic (exact) mass is 254 g/mol. The van der Waals surface area contributed by atoms with Gasteiger partial charge >= 0.3 is 0 Å². The second-order valence-corrected chi connectivity index (χ2v) is 4.33. The third kappa shape index (κ3) is 2.12. The van der Waals surface area contributed by atoms with Gasteiger partial charge in [0.25, 0.3) is 0 Å². The number of nitrogens with zero attached hydrogens (tertiary/aromatic N) is 2. The van der Waals surface area contributed by atoms with E-state index in [9.17, 15) is 9.18 Å². The molecule has 0 radical (unpaired) electrons. The van der Waals surface area contributed by atoms with Gasteiger partial charge in [0, 0.05) is 29.9 Å². The molecule has 0 aliphatic rings. The smallest absolute Gasteiger partial charge is 0.152 e. The number of pyridine rings is 1. The van der Waals surface area contributed by atoms with E-state index < -0.39 is 0 Å². The van der Waals surface area contributed by atoms with Crippen molar-refractivity contribution in [2.75, 3.05) is 0 Å². The van der Waals surface area contributed by atoms with Crippen LogP contribution in [0.5, 0.6) is 0 Å². The van der Waals surface area contributed by atoms with Gasteiger partial charge in [-0.2, -0.15) is 0 Å². The average molecular weight is 254 g/mol. The number of halogens is 1. The zero-order chi connectivity index (χ0) is 13.2. The molecule has 3 rings (SSSR count). The van der Waals surface area contributed by atoms with Crippen LogP contribution < -0.4 is 0 Å². The van der Waals surface area contributed by atoms with Crippen LogP contribution in [0.4, 0.5) is 4.39 Å². The maximum Gasteiger partial charge on any atom is 0.152 e. The average Bonchev–Trinajstić information content (AvgIpc) is 2.77. The number of carbonyl (C=O) groups is 1. The van der Waals surface area contributed by atoms with Gasteiger partial charge in [-0.15, -0.1) is 0 Å². The summed E-state index contributed by atoms with van der Waals surface area (Å²) < 4.78 is 15.0. The van der Waals surface area contributed by atoms with Gasteiger partial charge in [-0.1, -0.05) is 12.1 Å². The van der Waals surface area contributed by atoms with E-state index in [1.165, 1.54) is 12.1 Å². The van der Waals surface area contributed by atoms with Crippen LogP contribution in [0.3, 0.4) is 0 Å². The minimum atomic E-state index is -0.266. The fraction of sp³-hybridized carbons (Fsp3) is 0.0667. The molecule has 0 atom stereocenters. The summed E-state index contributed by atoms with van der Waals surface area (Å²) in [7, 11) is 0. The van der Waals surface area contributed by atoms with E-state index in [-0.39, 0.29) is 5.82 Å². The third-order valence-electron chi connectivity index (χ3n) is 3.03. The van der Waals surface area contributed by atoms with Crippen LogP contribution in [0, 0.1) is 5.82 Å². The highest BCUT2D eigenvalue weighted by atomic mass is 19.1. The molecule has 94 valence electrons. The van der Waals surface area contributed by atoms with Crippen LogP contribution in [-0.4, -0.2) is 15.8 Å². The van der Waals surface area contributed by atoms with Gasteiger partial charge in [-0.3, -0.25) is 4.79 Å². The highest BCUT2D eigenvalue weighted by Crippen LogP contribution is 2.19. The van der Waals surface area contributed by atoms with Gasteiger partial charge < -0.3 is 4.57 Å². The van der Waals surface area contributed by atoms with Gasteiger partial charge in [-0.25, -0.2) is 9.37 Å². The Balaban J connectivity index is 2.08. The molecule has 19 heavy (non-hydrogen) atoms. The quantitative estimate of drug-likeness (QED) is 0.673. The lowest BCUT2D eigenvalue weighted by Crippen LogP contribution is -1.99. The van der Waals surface area contributed by atoms with E-state index in [2.05, 4.69) is 4.98 Å². The molecule has 3 aromatic rings. The lowest BCUT2D eigenvalue weighted by atomic mass is 10.2. The van der Waals surface area contributed by atoms with Crippen LogP contribution in [0.2, 0.25) is 0 Å². The van der Waals surface area contributed by atoms with Gasteiger partial charge in [0.1, 0.15) is 11.5 Å². The van der Waals surface area contributed by atoms with Crippen LogP contribution in [0.15, 0.2) is 48.8 Å². The van der Waals surface area contributed by atoms with E-state index in [1.54, 1.807) is 24.5 Å². The summed E-state index contributed by atoms with van der Waals surface area (Å²) in [4.78, 5) is 15.3. The topological polar surface area (TPSA) is 34.9 Å². The highest BCUT2D eigenvalue weighted by Gasteiger charge is 2.08. The molecule has 0 bridgehead atoms. The van der Waals surface area contributed by atoms with Crippen molar-refractivity contribution >= 4 is 17.3 Å². The van der Waals surface area contributed by atoms with E-state index >= 15 is 0 Å². The molecule has 0 saturated heterocycles. The number of hydrogen-bond donors (Lipinski definition) is 0. The molecule has 0 aliphatic heterocycles. The van der Waals surface area contributed by atoms with E-state index in [0.29, 0.717) is 12.1 Å². The third-order valence-corrected chi connectivity index (χ3v) is 3.03. The SMILES string of the molecule is O=Cc1cn(Cc2cccc(F)c2)c2ncccc12. The summed E-state index contributed by atoms with van der Waals surface area (Å²) in [5.41, 5.74) is 2.16. The van der Waals surface area contributed by atoms with Crippen molar-refractivity contribution in [2.24, 2.45) is 0 Å². The fourth-order valence-electron chi connectivity index (χ4n) is 2.20. The van der Waals surface area contributed by atoms with Crippen molar-refractivity contribution in [3.05, 3.63) is 65.7 Å². The zero-order valence-corrected chi connectivity index (χ0v) is 10.1. The number of carbonyl (C=O) groups excluding carboxylic acids is 1. The maximum atomic E-state index is 13.2. The first kappa shape index (κ1) is 11.6. The highest BCUT2D eigenvalue weighted by molar-refractivity contribution is 5.95. The molecule has 2 aromatic heterocycles. The Labute approximate surface area is 109 Å². The summed E-state index contributed by atoms with van der Waals surface area (Å²) in [5, 5.41) is 0.814. The molecule has 3 nitrogen and oxygen atoms in total.